The Labute approximate surface area is 172 Å². The van der Waals surface area contributed by atoms with Crippen molar-refractivity contribution in [2.24, 2.45) is 0 Å². The van der Waals surface area contributed by atoms with Crippen LogP contribution in [-0.2, 0) is 6.42 Å². The van der Waals surface area contributed by atoms with Crippen molar-refractivity contribution in [1.82, 2.24) is 4.90 Å². The van der Waals surface area contributed by atoms with Crippen molar-refractivity contribution >= 4 is 5.91 Å². The first kappa shape index (κ1) is 22.2. The van der Waals surface area contributed by atoms with Crippen LogP contribution in [0.4, 0.5) is 0 Å². The lowest BCUT2D eigenvalue weighted by Crippen LogP contribution is -2.36. The van der Waals surface area contributed by atoms with Crippen LogP contribution in [0.3, 0.4) is 0 Å². The van der Waals surface area contributed by atoms with Gasteiger partial charge in [-0.15, -0.1) is 0 Å². The summed E-state index contributed by atoms with van der Waals surface area (Å²) >= 11 is 0. The second kappa shape index (κ2) is 9.91. The van der Waals surface area contributed by atoms with Gasteiger partial charge < -0.3 is 28.6 Å². The molecule has 1 amide bonds. The number of nitrogens with zero attached hydrogens (tertiary/aromatic N) is 1. The van der Waals surface area contributed by atoms with Crippen molar-refractivity contribution in [2.45, 2.75) is 19.4 Å². The summed E-state index contributed by atoms with van der Waals surface area (Å²) in [7, 11) is 9.55. The summed E-state index contributed by atoms with van der Waals surface area (Å²) in [6.45, 7) is 1.99. The normalized spacial score (nSPS) is 11.4. The first-order valence-electron chi connectivity index (χ1n) is 9.18. The molecule has 0 spiro atoms. The number of benzene rings is 2. The van der Waals surface area contributed by atoms with Gasteiger partial charge in [0.1, 0.15) is 0 Å². The maximum absolute atomic E-state index is 13.1. The molecule has 0 heterocycles. The number of ether oxygens (including phenoxy) is 5. The highest BCUT2D eigenvalue weighted by Gasteiger charge is 2.22. The van der Waals surface area contributed by atoms with Crippen molar-refractivity contribution in [1.29, 1.82) is 0 Å². The second-order valence-corrected chi connectivity index (χ2v) is 6.57. The number of carbonyl (C=O) groups excluding carboxylic acids is 1. The quantitative estimate of drug-likeness (QED) is 0.639. The van der Waals surface area contributed by atoms with Crippen molar-refractivity contribution in [3.63, 3.8) is 0 Å². The Morgan fingerprint density at radius 2 is 1.38 bits per heavy atom. The minimum absolute atomic E-state index is 0.0558. The van der Waals surface area contributed by atoms with Gasteiger partial charge in [0.2, 0.25) is 5.75 Å². The number of rotatable bonds is 9. The van der Waals surface area contributed by atoms with Crippen LogP contribution in [0.1, 0.15) is 22.8 Å². The topological polar surface area (TPSA) is 66.5 Å². The van der Waals surface area contributed by atoms with Crippen LogP contribution in [-0.4, -0.2) is 59.4 Å². The van der Waals surface area contributed by atoms with Gasteiger partial charge in [0.05, 0.1) is 35.5 Å². The van der Waals surface area contributed by atoms with E-state index in [1.54, 1.807) is 38.3 Å². The third-order valence-electron chi connectivity index (χ3n) is 4.87. The molecule has 0 aliphatic carbocycles. The Morgan fingerprint density at radius 1 is 0.828 bits per heavy atom. The molecule has 0 aromatic heterocycles. The van der Waals surface area contributed by atoms with Gasteiger partial charge >= 0.3 is 0 Å². The standard InChI is InChI=1S/C22H29NO6/c1-14(10-15-8-9-17(25-3)18(11-15)26-4)23(2)22(24)16-12-19(27-5)21(29-7)20(13-16)28-6/h8-9,11-14H,10H2,1-7H3. The zero-order chi connectivity index (χ0) is 21.6. The van der Waals surface area contributed by atoms with Crippen molar-refractivity contribution in [3.8, 4) is 28.7 Å². The van der Waals surface area contributed by atoms with E-state index in [-0.39, 0.29) is 11.9 Å². The fourth-order valence-corrected chi connectivity index (χ4v) is 3.09. The van der Waals surface area contributed by atoms with Crippen LogP contribution in [0.5, 0.6) is 28.7 Å². The van der Waals surface area contributed by atoms with Gasteiger partial charge in [-0.05, 0) is 43.2 Å². The maximum Gasteiger partial charge on any atom is 0.254 e. The van der Waals surface area contributed by atoms with E-state index in [1.165, 1.54) is 21.3 Å². The molecule has 0 saturated carbocycles. The third kappa shape index (κ3) is 4.85. The number of methoxy groups -OCH3 is 5. The first-order chi connectivity index (χ1) is 13.9. The molecule has 0 bridgehead atoms. The smallest absolute Gasteiger partial charge is 0.254 e. The molecule has 158 valence electrons. The fraction of sp³-hybridized carbons (Fsp3) is 0.409. The Kier molecular flexibility index (Phi) is 7.59. The van der Waals surface area contributed by atoms with Crippen LogP contribution in [0.15, 0.2) is 30.3 Å². The lowest BCUT2D eigenvalue weighted by atomic mass is 10.0. The van der Waals surface area contributed by atoms with E-state index in [9.17, 15) is 4.79 Å². The van der Waals surface area contributed by atoms with Crippen molar-refractivity contribution < 1.29 is 28.5 Å². The molecule has 0 saturated heterocycles. The molecule has 0 radical (unpaired) electrons. The number of likely N-dealkylation sites (N-methyl/N-ethyl adjacent to an activating group) is 1. The number of amides is 1. The van der Waals surface area contributed by atoms with Crippen LogP contribution >= 0.6 is 0 Å². The van der Waals surface area contributed by atoms with E-state index < -0.39 is 0 Å². The molecule has 2 aromatic carbocycles. The van der Waals surface area contributed by atoms with E-state index in [0.29, 0.717) is 40.7 Å². The minimum atomic E-state index is -0.141. The van der Waals surface area contributed by atoms with Gasteiger partial charge in [-0.25, -0.2) is 0 Å². The molecule has 2 rings (SSSR count). The van der Waals surface area contributed by atoms with Gasteiger partial charge in [-0.3, -0.25) is 4.79 Å². The average Bonchev–Trinajstić information content (AvgIpc) is 2.76. The molecular weight excluding hydrogens is 374 g/mol. The summed E-state index contributed by atoms with van der Waals surface area (Å²) in [5.74, 6) is 2.53. The molecule has 7 heteroatoms. The molecule has 0 fully saturated rings. The summed E-state index contributed by atoms with van der Waals surface area (Å²) < 4.78 is 26.7. The van der Waals surface area contributed by atoms with Crippen molar-refractivity contribution in [3.05, 3.63) is 41.5 Å². The molecule has 0 aliphatic rings. The monoisotopic (exact) mass is 403 g/mol. The molecule has 2 aromatic rings. The second-order valence-electron chi connectivity index (χ2n) is 6.57. The van der Waals surface area contributed by atoms with E-state index in [0.717, 1.165) is 5.56 Å². The molecule has 0 N–H and O–H groups in total. The van der Waals surface area contributed by atoms with E-state index in [4.69, 9.17) is 23.7 Å². The summed E-state index contributed by atoms with van der Waals surface area (Å²) in [5.41, 5.74) is 1.50. The number of carbonyl (C=O) groups is 1. The average molecular weight is 403 g/mol. The Morgan fingerprint density at radius 3 is 1.86 bits per heavy atom. The zero-order valence-corrected chi connectivity index (χ0v) is 18.1. The van der Waals surface area contributed by atoms with Crippen molar-refractivity contribution in [2.75, 3.05) is 42.6 Å². The Balaban J connectivity index is 2.23. The highest BCUT2D eigenvalue weighted by molar-refractivity contribution is 5.95. The lowest BCUT2D eigenvalue weighted by molar-refractivity contribution is 0.0742. The van der Waals surface area contributed by atoms with Gasteiger partial charge in [0.15, 0.2) is 23.0 Å². The summed E-state index contributed by atoms with van der Waals surface area (Å²) in [4.78, 5) is 14.8. The minimum Gasteiger partial charge on any atom is -0.493 e. The SMILES string of the molecule is COc1ccc(CC(C)N(C)C(=O)c2cc(OC)c(OC)c(OC)c2)cc1OC. The zero-order valence-electron chi connectivity index (χ0n) is 18.1. The number of hydrogen-bond acceptors (Lipinski definition) is 6. The van der Waals surface area contributed by atoms with Crippen LogP contribution in [0, 0.1) is 0 Å². The predicted octanol–water partition coefficient (Wildman–Crippen LogP) is 3.43. The maximum atomic E-state index is 13.1. The molecule has 1 unspecified atom stereocenters. The van der Waals surface area contributed by atoms with E-state index >= 15 is 0 Å². The predicted molar refractivity (Wildman–Crippen MR) is 111 cm³/mol. The van der Waals surface area contributed by atoms with E-state index in [1.807, 2.05) is 25.1 Å². The van der Waals surface area contributed by atoms with Gasteiger partial charge in [0.25, 0.3) is 5.91 Å². The summed E-state index contributed by atoms with van der Waals surface area (Å²) in [5, 5.41) is 0. The van der Waals surface area contributed by atoms with E-state index in [2.05, 4.69) is 0 Å². The molecular formula is C22H29NO6. The Bertz CT molecular complexity index is 826. The first-order valence-corrected chi connectivity index (χ1v) is 9.18. The lowest BCUT2D eigenvalue weighted by Gasteiger charge is -2.26. The van der Waals surface area contributed by atoms with Crippen LogP contribution in [0.2, 0.25) is 0 Å². The third-order valence-corrected chi connectivity index (χ3v) is 4.87. The highest BCUT2D eigenvalue weighted by atomic mass is 16.5. The largest absolute Gasteiger partial charge is 0.493 e. The van der Waals surface area contributed by atoms with Gasteiger partial charge in [-0.1, -0.05) is 6.07 Å². The van der Waals surface area contributed by atoms with Gasteiger partial charge in [-0.2, -0.15) is 0 Å². The Hall–Kier alpha value is -3.09. The summed E-state index contributed by atoms with van der Waals surface area (Å²) in [6.07, 6.45) is 0.660. The molecule has 29 heavy (non-hydrogen) atoms. The summed E-state index contributed by atoms with van der Waals surface area (Å²) in [6, 6.07) is 9.01. The fourth-order valence-electron chi connectivity index (χ4n) is 3.09. The van der Waals surface area contributed by atoms with Crippen LogP contribution in [0.25, 0.3) is 0 Å². The van der Waals surface area contributed by atoms with Gasteiger partial charge in [0, 0.05) is 18.7 Å². The molecule has 7 nitrogen and oxygen atoms in total. The molecule has 1 atom stereocenters. The number of hydrogen-bond donors (Lipinski definition) is 0. The molecule has 0 aliphatic heterocycles. The van der Waals surface area contributed by atoms with Crippen LogP contribution < -0.4 is 23.7 Å². The highest BCUT2D eigenvalue weighted by Crippen LogP contribution is 2.38.